The first-order valence-electron chi connectivity index (χ1n) is 11.7. The largest absolute Gasteiger partial charge is 0.348 e. The van der Waals surface area contributed by atoms with E-state index in [2.05, 4.69) is 22.3 Å². The van der Waals surface area contributed by atoms with Gasteiger partial charge in [-0.1, -0.05) is 36.4 Å². The predicted octanol–water partition coefficient (Wildman–Crippen LogP) is 4.32. The van der Waals surface area contributed by atoms with Crippen LogP contribution in [0.2, 0.25) is 0 Å². The monoisotopic (exact) mass is 495 g/mol. The summed E-state index contributed by atoms with van der Waals surface area (Å²) in [4.78, 5) is 15.1. The van der Waals surface area contributed by atoms with Gasteiger partial charge in [-0.15, -0.1) is 0 Å². The molecule has 0 bridgehead atoms. The van der Waals surface area contributed by atoms with E-state index in [4.69, 9.17) is 0 Å². The van der Waals surface area contributed by atoms with Crippen molar-refractivity contribution in [3.63, 3.8) is 0 Å². The molecule has 8 heteroatoms. The molecule has 0 atom stereocenters. The number of rotatable bonds is 9. The molecule has 35 heavy (non-hydrogen) atoms. The van der Waals surface area contributed by atoms with Crippen molar-refractivity contribution in [3.05, 3.63) is 101 Å². The highest BCUT2D eigenvalue weighted by Crippen LogP contribution is 2.22. The van der Waals surface area contributed by atoms with Gasteiger partial charge in [0.05, 0.1) is 18.5 Å². The van der Waals surface area contributed by atoms with Gasteiger partial charge in [-0.25, -0.2) is 12.8 Å². The average Bonchev–Trinajstić information content (AvgIpc) is 3.35. The molecule has 1 heterocycles. The standard InChI is InChI=1S/C27H30FN3O3S/c1-35(33,34)31(20-23-8-12-25(28)13-9-23)26-14-10-24(11-15-26)27(32)29-18-21-4-6-22(7-5-21)19-30-16-2-3-17-30/h4-15H,2-3,16-20H2,1H3,(H,29,32). The third kappa shape index (κ3) is 6.90. The van der Waals surface area contributed by atoms with Crippen LogP contribution in [0.4, 0.5) is 10.1 Å². The molecule has 1 N–H and O–H groups in total. The van der Waals surface area contributed by atoms with Crippen molar-refractivity contribution in [2.24, 2.45) is 0 Å². The van der Waals surface area contributed by atoms with E-state index in [1.165, 1.54) is 34.8 Å². The van der Waals surface area contributed by atoms with Gasteiger partial charge in [0.25, 0.3) is 5.91 Å². The van der Waals surface area contributed by atoms with Crippen LogP contribution in [0.25, 0.3) is 0 Å². The summed E-state index contributed by atoms with van der Waals surface area (Å²) in [7, 11) is -3.58. The molecule has 0 spiro atoms. The van der Waals surface area contributed by atoms with E-state index in [1.54, 1.807) is 36.4 Å². The Morgan fingerprint density at radius 3 is 2.06 bits per heavy atom. The van der Waals surface area contributed by atoms with Crippen molar-refractivity contribution in [3.8, 4) is 0 Å². The van der Waals surface area contributed by atoms with Crippen LogP contribution in [0, 0.1) is 5.82 Å². The summed E-state index contributed by atoms with van der Waals surface area (Å²) in [5.74, 6) is -0.616. The number of carbonyl (C=O) groups excluding carboxylic acids is 1. The zero-order valence-electron chi connectivity index (χ0n) is 19.8. The van der Waals surface area contributed by atoms with Crippen LogP contribution in [0.1, 0.15) is 39.9 Å². The first kappa shape index (κ1) is 24.9. The molecule has 0 saturated carbocycles. The summed E-state index contributed by atoms with van der Waals surface area (Å²) >= 11 is 0. The normalized spacial score (nSPS) is 14.1. The highest BCUT2D eigenvalue weighted by atomic mass is 32.2. The fraction of sp³-hybridized carbons (Fsp3) is 0.296. The molecule has 4 rings (SSSR count). The van der Waals surface area contributed by atoms with Crippen LogP contribution in [0.15, 0.2) is 72.8 Å². The van der Waals surface area contributed by atoms with E-state index in [0.29, 0.717) is 23.4 Å². The van der Waals surface area contributed by atoms with Crippen LogP contribution in [0.5, 0.6) is 0 Å². The fourth-order valence-electron chi connectivity index (χ4n) is 4.18. The minimum absolute atomic E-state index is 0.0679. The van der Waals surface area contributed by atoms with Gasteiger partial charge in [0, 0.05) is 18.7 Å². The van der Waals surface area contributed by atoms with Gasteiger partial charge in [0.15, 0.2) is 0 Å². The van der Waals surface area contributed by atoms with Crippen molar-refractivity contribution >= 4 is 21.6 Å². The Morgan fingerprint density at radius 1 is 0.886 bits per heavy atom. The Bertz CT molecular complexity index is 1240. The van der Waals surface area contributed by atoms with E-state index in [0.717, 1.165) is 31.5 Å². The van der Waals surface area contributed by atoms with Crippen LogP contribution >= 0.6 is 0 Å². The number of benzene rings is 3. The summed E-state index contributed by atoms with van der Waals surface area (Å²) in [6, 6.07) is 20.4. The molecule has 1 aliphatic heterocycles. The second-order valence-electron chi connectivity index (χ2n) is 8.93. The van der Waals surface area contributed by atoms with Crippen molar-refractivity contribution in [1.29, 1.82) is 0 Å². The minimum Gasteiger partial charge on any atom is -0.348 e. The average molecular weight is 496 g/mol. The lowest BCUT2D eigenvalue weighted by atomic mass is 10.1. The summed E-state index contributed by atoms with van der Waals surface area (Å²) in [5.41, 5.74) is 3.82. The summed E-state index contributed by atoms with van der Waals surface area (Å²) in [5, 5.41) is 2.92. The summed E-state index contributed by atoms with van der Waals surface area (Å²) < 4.78 is 39.2. The second-order valence-corrected chi connectivity index (χ2v) is 10.8. The molecule has 184 valence electrons. The molecule has 0 radical (unpaired) electrons. The first-order chi connectivity index (χ1) is 16.8. The van der Waals surface area contributed by atoms with Crippen LogP contribution in [0.3, 0.4) is 0 Å². The molecule has 0 aliphatic carbocycles. The number of hydrogen-bond acceptors (Lipinski definition) is 4. The molecular formula is C27H30FN3O3S. The van der Waals surface area contributed by atoms with E-state index in [9.17, 15) is 17.6 Å². The van der Waals surface area contributed by atoms with Gasteiger partial charge < -0.3 is 5.32 Å². The maximum atomic E-state index is 13.2. The van der Waals surface area contributed by atoms with Gasteiger partial charge in [0.2, 0.25) is 10.0 Å². The number of carbonyl (C=O) groups is 1. The third-order valence-corrected chi connectivity index (χ3v) is 7.28. The van der Waals surface area contributed by atoms with Crippen LogP contribution in [-0.4, -0.2) is 38.6 Å². The molecule has 1 saturated heterocycles. The van der Waals surface area contributed by atoms with Gasteiger partial charge in [-0.3, -0.25) is 14.0 Å². The molecule has 6 nitrogen and oxygen atoms in total. The molecule has 1 amide bonds. The maximum Gasteiger partial charge on any atom is 0.251 e. The topological polar surface area (TPSA) is 69.7 Å². The zero-order valence-corrected chi connectivity index (χ0v) is 20.6. The molecule has 3 aromatic carbocycles. The lowest BCUT2D eigenvalue weighted by Gasteiger charge is -2.22. The SMILES string of the molecule is CS(=O)(=O)N(Cc1ccc(F)cc1)c1ccc(C(=O)NCc2ccc(CN3CCCC3)cc2)cc1. The highest BCUT2D eigenvalue weighted by molar-refractivity contribution is 7.92. The van der Waals surface area contributed by atoms with Crippen molar-refractivity contribution in [1.82, 2.24) is 10.2 Å². The number of amides is 1. The maximum absolute atomic E-state index is 13.2. The molecular weight excluding hydrogens is 465 g/mol. The minimum atomic E-state index is -3.58. The number of nitrogens with zero attached hydrogens (tertiary/aromatic N) is 2. The molecule has 0 unspecified atom stereocenters. The Labute approximate surface area is 206 Å². The fourth-order valence-corrected chi connectivity index (χ4v) is 5.07. The van der Waals surface area contributed by atoms with E-state index in [-0.39, 0.29) is 18.3 Å². The second kappa shape index (κ2) is 11.0. The predicted molar refractivity (Wildman–Crippen MR) is 136 cm³/mol. The van der Waals surface area contributed by atoms with Crippen molar-refractivity contribution in [2.45, 2.75) is 32.5 Å². The number of anilines is 1. The Morgan fingerprint density at radius 2 is 1.46 bits per heavy atom. The quantitative estimate of drug-likeness (QED) is 0.480. The molecule has 1 aliphatic rings. The van der Waals surface area contributed by atoms with Gasteiger partial charge in [0.1, 0.15) is 5.82 Å². The van der Waals surface area contributed by atoms with E-state index in [1.807, 2.05) is 12.1 Å². The molecule has 3 aromatic rings. The molecule has 1 fully saturated rings. The Kier molecular flexibility index (Phi) is 7.83. The lowest BCUT2D eigenvalue weighted by molar-refractivity contribution is 0.0951. The summed E-state index contributed by atoms with van der Waals surface area (Å²) in [6.45, 7) is 3.75. The zero-order chi connectivity index (χ0) is 24.8. The van der Waals surface area contributed by atoms with Crippen molar-refractivity contribution < 1.29 is 17.6 Å². The number of nitrogens with one attached hydrogen (secondary N) is 1. The lowest BCUT2D eigenvalue weighted by Crippen LogP contribution is -2.29. The van der Waals surface area contributed by atoms with Crippen LogP contribution < -0.4 is 9.62 Å². The number of likely N-dealkylation sites (tertiary alicyclic amines) is 1. The molecule has 0 aromatic heterocycles. The third-order valence-electron chi connectivity index (χ3n) is 6.14. The number of hydrogen-bond donors (Lipinski definition) is 1. The van der Waals surface area contributed by atoms with Gasteiger partial charge in [-0.05, 0) is 79.0 Å². The first-order valence-corrected chi connectivity index (χ1v) is 13.5. The van der Waals surface area contributed by atoms with Gasteiger partial charge in [-0.2, -0.15) is 0 Å². The van der Waals surface area contributed by atoms with E-state index < -0.39 is 10.0 Å². The van der Waals surface area contributed by atoms with Crippen LogP contribution in [-0.2, 0) is 29.7 Å². The smallest absolute Gasteiger partial charge is 0.251 e. The number of halogens is 1. The Hall–Kier alpha value is -3.23. The highest BCUT2D eigenvalue weighted by Gasteiger charge is 2.19. The Balaban J connectivity index is 1.36. The summed E-state index contributed by atoms with van der Waals surface area (Å²) in [6.07, 6.45) is 3.66. The number of sulfonamides is 1. The van der Waals surface area contributed by atoms with Crippen molar-refractivity contribution in [2.75, 3.05) is 23.7 Å². The van der Waals surface area contributed by atoms with Gasteiger partial charge >= 0.3 is 0 Å². The van der Waals surface area contributed by atoms with E-state index >= 15 is 0 Å².